The maximum atomic E-state index is 13.0. The molecule has 2 aromatic rings. The van der Waals surface area contributed by atoms with Crippen LogP contribution in [0.3, 0.4) is 0 Å². The number of amides is 1. The van der Waals surface area contributed by atoms with Crippen LogP contribution in [0.15, 0.2) is 59.5 Å². The number of rotatable bonds is 7. The van der Waals surface area contributed by atoms with Crippen LogP contribution in [0.2, 0.25) is 5.02 Å². The predicted octanol–water partition coefficient (Wildman–Crippen LogP) is 3.45. The average molecular weight is 381 g/mol. The largest absolute Gasteiger partial charge is 0.352 e. The van der Waals surface area contributed by atoms with Gasteiger partial charge in [-0.25, -0.2) is 8.42 Å². The third-order valence-electron chi connectivity index (χ3n) is 3.75. The Bertz CT molecular complexity index is 808. The number of benzene rings is 2. The maximum absolute atomic E-state index is 13.0. The average Bonchev–Trinajstić information content (AvgIpc) is 2.60. The molecule has 0 bridgehead atoms. The molecule has 0 fully saturated rings. The molecule has 1 atom stereocenters. The van der Waals surface area contributed by atoms with Crippen molar-refractivity contribution in [3.63, 3.8) is 0 Å². The molecule has 2 rings (SSSR count). The Morgan fingerprint density at radius 2 is 1.72 bits per heavy atom. The number of carbonyl (C=O) groups is 1. The van der Waals surface area contributed by atoms with Crippen LogP contribution in [-0.2, 0) is 14.8 Å². The summed E-state index contributed by atoms with van der Waals surface area (Å²) in [5.74, 6) is -0.351. The predicted molar refractivity (Wildman–Crippen MR) is 100 cm³/mol. The van der Waals surface area contributed by atoms with Crippen molar-refractivity contribution in [2.24, 2.45) is 0 Å². The summed E-state index contributed by atoms with van der Waals surface area (Å²) >= 11 is 5.84. The zero-order valence-corrected chi connectivity index (χ0v) is 15.7. The molecule has 0 saturated heterocycles. The van der Waals surface area contributed by atoms with Crippen LogP contribution >= 0.6 is 11.6 Å². The quantitative estimate of drug-likeness (QED) is 0.800. The van der Waals surface area contributed by atoms with Crippen molar-refractivity contribution in [1.29, 1.82) is 0 Å². The number of nitrogens with one attached hydrogen (secondary N) is 1. The molecule has 2 aromatic carbocycles. The van der Waals surface area contributed by atoms with E-state index in [1.807, 2.05) is 13.8 Å². The lowest BCUT2D eigenvalue weighted by atomic mass is 10.2. The fourth-order valence-electron chi connectivity index (χ4n) is 2.20. The second kappa shape index (κ2) is 8.36. The summed E-state index contributed by atoms with van der Waals surface area (Å²) in [6.07, 6.45) is 0.765. The lowest BCUT2D eigenvalue weighted by Gasteiger charge is -2.25. The number of halogens is 1. The van der Waals surface area contributed by atoms with Crippen molar-refractivity contribution in [2.75, 3.05) is 10.8 Å². The number of sulfonamides is 1. The van der Waals surface area contributed by atoms with Crippen molar-refractivity contribution in [3.05, 3.63) is 59.6 Å². The van der Waals surface area contributed by atoms with Gasteiger partial charge in [-0.2, -0.15) is 0 Å². The van der Waals surface area contributed by atoms with Crippen LogP contribution in [0.5, 0.6) is 0 Å². The summed E-state index contributed by atoms with van der Waals surface area (Å²) in [4.78, 5) is 12.4. The van der Waals surface area contributed by atoms with Crippen LogP contribution in [0.4, 0.5) is 5.69 Å². The zero-order chi connectivity index (χ0) is 18.4. The van der Waals surface area contributed by atoms with E-state index in [9.17, 15) is 13.2 Å². The van der Waals surface area contributed by atoms with Gasteiger partial charge in [0, 0.05) is 11.1 Å². The highest BCUT2D eigenvalue weighted by Gasteiger charge is 2.27. The first kappa shape index (κ1) is 19.3. The lowest BCUT2D eigenvalue weighted by Crippen LogP contribution is -2.43. The van der Waals surface area contributed by atoms with Crippen LogP contribution in [0.1, 0.15) is 20.3 Å². The van der Waals surface area contributed by atoms with E-state index in [0.717, 1.165) is 10.7 Å². The molecule has 0 aliphatic rings. The lowest BCUT2D eigenvalue weighted by molar-refractivity contribution is -0.120. The van der Waals surface area contributed by atoms with E-state index in [-0.39, 0.29) is 23.4 Å². The smallest absolute Gasteiger partial charge is 0.264 e. The van der Waals surface area contributed by atoms with E-state index in [0.29, 0.717) is 10.7 Å². The van der Waals surface area contributed by atoms with Crippen LogP contribution in [-0.4, -0.2) is 26.9 Å². The van der Waals surface area contributed by atoms with Crippen molar-refractivity contribution in [3.8, 4) is 0 Å². The third-order valence-corrected chi connectivity index (χ3v) is 5.79. The van der Waals surface area contributed by atoms with Crippen molar-refractivity contribution in [2.45, 2.75) is 31.2 Å². The summed E-state index contributed by atoms with van der Waals surface area (Å²) < 4.78 is 27.2. The van der Waals surface area contributed by atoms with Gasteiger partial charge < -0.3 is 5.32 Å². The first-order valence-electron chi connectivity index (χ1n) is 7.97. The molecule has 0 radical (unpaired) electrons. The van der Waals surface area contributed by atoms with Crippen molar-refractivity contribution < 1.29 is 13.2 Å². The van der Waals surface area contributed by atoms with Crippen molar-refractivity contribution >= 4 is 33.2 Å². The Morgan fingerprint density at radius 3 is 2.28 bits per heavy atom. The summed E-state index contributed by atoms with van der Waals surface area (Å²) in [6.45, 7) is 3.53. The topological polar surface area (TPSA) is 66.5 Å². The Kier molecular flexibility index (Phi) is 6.45. The third kappa shape index (κ3) is 4.96. The molecule has 25 heavy (non-hydrogen) atoms. The maximum Gasteiger partial charge on any atom is 0.264 e. The number of para-hydroxylation sites is 1. The Labute approximate surface area is 153 Å². The summed E-state index contributed by atoms with van der Waals surface area (Å²) in [5.41, 5.74) is 0.428. The van der Waals surface area contributed by atoms with Gasteiger partial charge in [0.05, 0.1) is 10.6 Å². The number of nitrogens with zero attached hydrogens (tertiary/aromatic N) is 1. The molecule has 0 aliphatic heterocycles. The molecule has 5 nitrogen and oxygen atoms in total. The molecule has 1 amide bonds. The van der Waals surface area contributed by atoms with Gasteiger partial charge in [-0.3, -0.25) is 9.10 Å². The van der Waals surface area contributed by atoms with Crippen LogP contribution < -0.4 is 9.62 Å². The summed E-state index contributed by atoms with van der Waals surface area (Å²) in [5, 5.41) is 3.24. The normalized spacial score (nSPS) is 12.4. The van der Waals surface area contributed by atoms with Gasteiger partial charge >= 0.3 is 0 Å². The van der Waals surface area contributed by atoms with Crippen LogP contribution in [0.25, 0.3) is 0 Å². The minimum Gasteiger partial charge on any atom is -0.352 e. The molecule has 1 N–H and O–H groups in total. The highest BCUT2D eigenvalue weighted by molar-refractivity contribution is 7.92. The van der Waals surface area contributed by atoms with Gasteiger partial charge in [0.25, 0.3) is 10.0 Å². The molecule has 7 heteroatoms. The number of hydrogen-bond donors (Lipinski definition) is 1. The van der Waals surface area contributed by atoms with E-state index in [2.05, 4.69) is 5.32 Å². The molecule has 134 valence electrons. The van der Waals surface area contributed by atoms with E-state index >= 15 is 0 Å². The second-order valence-corrected chi connectivity index (χ2v) is 7.98. The Balaban J connectivity index is 2.37. The van der Waals surface area contributed by atoms with Gasteiger partial charge in [0.15, 0.2) is 0 Å². The monoisotopic (exact) mass is 380 g/mol. The fraction of sp³-hybridized carbons (Fsp3) is 0.278. The van der Waals surface area contributed by atoms with E-state index in [1.165, 1.54) is 24.3 Å². The summed E-state index contributed by atoms with van der Waals surface area (Å²) in [7, 11) is -3.89. The molecule has 0 saturated carbocycles. The zero-order valence-electron chi connectivity index (χ0n) is 14.1. The number of carbonyl (C=O) groups excluding carboxylic acids is 1. The highest BCUT2D eigenvalue weighted by Crippen LogP contribution is 2.24. The molecule has 0 heterocycles. The standard InChI is InChI=1S/C18H21ClN2O3S/c1-3-14(2)20-18(22)13-21(16-7-5-4-6-8-16)25(23,24)17-11-9-15(19)10-12-17/h4-12,14H,3,13H2,1-2H3,(H,20,22)/t14-/m1/s1. The van der Waals surface area contributed by atoms with Gasteiger partial charge in [0.2, 0.25) is 5.91 Å². The first-order valence-corrected chi connectivity index (χ1v) is 9.79. The minimum atomic E-state index is -3.89. The van der Waals surface area contributed by atoms with Gasteiger partial charge in [0.1, 0.15) is 6.54 Å². The molecule has 0 aliphatic carbocycles. The fourth-order valence-corrected chi connectivity index (χ4v) is 3.74. The molecule has 0 spiro atoms. The van der Waals surface area contributed by atoms with Gasteiger partial charge in [-0.05, 0) is 49.7 Å². The van der Waals surface area contributed by atoms with Crippen molar-refractivity contribution in [1.82, 2.24) is 5.32 Å². The van der Waals surface area contributed by atoms with Crippen LogP contribution in [0, 0.1) is 0 Å². The molecule has 0 aromatic heterocycles. The van der Waals surface area contributed by atoms with E-state index < -0.39 is 10.0 Å². The Morgan fingerprint density at radius 1 is 1.12 bits per heavy atom. The molecular formula is C18H21ClN2O3S. The summed E-state index contributed by atoms with van der Waals surface area (Å²) in [6, 6.07) is 14.4. The Hall–Kier alpha value is -2.05. The SMILES string of the molecule is CC[C@@H](C)NC(=O)CN(c1ccccc1)S(=O)(=O)c1ccc(Cl)cc1. The second-order valence-electron chi connectivity index (χ2n) is 5.68. The minimum absolute atomic E-state index is 0.0247. The number of anilines is 1. The number of hydrogen-bond acceptors (Lipinski definition) is 3. The van der Waals surface area contributed by atoms with Gasteiger partial charge in [-0.1, -0.05) is 36.7 Å². The molecular weight excluding hydrogens is 360 g/mol. The highest BCUT2D eigenvalue weighted by atomic mass is 35.5. The molecule has 0 unspecified atom stereocenters. The van der Waals surface area contributed by atoms with E-state index in [1.54, 1.807) is 30.3 Å². The van der Waals surface area contributed by atoms with E-state index in [4.69, 9.17) is 11.6 Å². The van der Waals surface area contributed by atoms with Gasteiger partial charge in [-0.15, -0.1) is 0 Å². The first-order chi connectivity index (χ1) is 11.8.